The van der Waals surface area contributed by atoms with E-state index >= 15 is 0 Å². The lowest BCUT2D eigenvalue weighted by atomic mass is 9.68. The van der Waals surface area contributed by atoms with Crippen LogP contribution in [0.5, 0.6) is 0 Å². The zero-order chi connectivity index (χ0) is 55.1. The van der Waals surface area contributed by atoms with E-state index in [-0.39, 0.29) is 28.7 Å². The van der Waals surface area contributed by atoms with E-state index < -0.39 is 59.6 Å². The Morgan fingerprint density at radius 1 is 0.431 bits per heavy atom. The van der Waals surface area contributed by atoms with Crippen LogP contribution in [0, 0.1) is 34.6 Å². The molecule has 0 amide bonds. The molecule has 0 aromatic heterocycles. The molecular weight excluding hydrogens is 963 g/mol. The van der Waals surface area contributed by atoms with E-state index in [0.29, 0.717) is 36.1 Å². The van der Waals surface area contributed by atoms with Crippen LogP contribution in [0.3, 0.4) is 0 Å². The molecule has 1 heterocycles. The highest BCUT2D eigenvalue weighted by molar-refractivity contribution is 6.62. The van der Waals surface area contributed by atoms with Crippen LogP contribution in [0.25, 0.3) is 12.2 Å². The molecule has 0 atom stereocenters. The molecule has 0 aliphatic carbocycles. The number of aliphatic hydroxyl groups is 2. The summed E-state index contributed by atoms with van der Waals surface area (Å²) in [4.78, 5) is 0. The van der Waals surface area contributed by atoms with Crippen LogP contribution in [0.1, 0.15) is 142 Å². The average molecular weight is 1030 g/mol. The molecule has 17 heteroatoms. The van der Waals surface area contributed by atoms with Gasteiger partial charge >= 0.3 is 31.8 Å². The van der Waals surface area contributed by atoms with Gasteiger partial charge in [-0.05, 0) is 161 Å². The van der Waals surface area contributed by atoms with Crippen LogP contribution in [-0.2, 0) is 20.1 Å². The lowest BCUT2D eigenvalue weighted by Crippen LogP contribution is -2.55. The van der Waals surface area contributed by atoms with Crippen LogP contribution in [-0.4, -0.2) is 64.4 Å². The highest BCUT2D eigenvalue weighted by Gasteiger charge is 2.70. The van der Waals surface area contributed by atoms with Gasteiger partial charge in [-0.25, -0.2) is 0 Å². The number of rotatable bonds is 13. The fraction of sp³-hybridized carbons (Fsp3) is 0.491. The van der Waals surface area contributed by atoms with E-state index in [1.54, 1.807) is 38.1 Å². The van der Waals surface area contributed by atoms with Crippen LogP contribution in [0.4, 0.5) is 52.7 Å². The minimum atomic E-state index is -5.92. The number of hydrogen-bond donors (Lipinski definition) is 2. The minimum absolute atomic E-state index is 0.143. The van der Waals surface area contributed by atoms with E-state index in [0.717, 1.165) is 57.2 Å². The quantitative estimate of drug-likeness (QED) is 0.103. The third-order valence-electron chi connectivity index (χ3n) is 15.2. The summed E-state index contributed by atoms with van der Waals surface area (Å²) in [5.74, 6) is 0. The Morgan fingerprint density at radius 2 is 0.722 bits per heavy atom. The van der Waals surface area contributed by atoms with Gasteiger partial charge in [-0.2, -0.15) is 52.7 Å². The first kappa shape index (κ1) is 60.0. The van der Waals surface area contributed by atoms with Crippen molar-refractivity contribution in [1.82, 2.24) is 0 Å². The minimum Gasteiger partial charge on any atom is -0.399 e. The second kappa shape index (κ2) is 21.0. The van der Waals surface area contributed by atoms with Crippen molar-refractivity contribution in [3.63, 3.8) is 0 Å². The van der Waals surface area contributed by atoms with Crippen molar-refractivity contribution in [2.45, 2.75) is 174 Å². The Balaban J connectivity index is 0.000000321. The van der Waals surface area contributed by atoms with Crippen molar-refractivity contribution in [3.05, 3.63) is 146 Å². The molecule has 1 fully saturated rings. The summed E-state index contributed by atoms with van der Waals surface area (Å²) in [6.07, 6.45) is -19.8. The summed E-state index contributed by atoms with van der Waals surface area (Å²) in [6.45, 7) is 25.4. The summed E-state index contributed by atoms with van der Waals surface area (Å²) < 4.78 is 169. The first-order chi connectivity index (χ1) is 32.8. The van der Waals surface area contributed by atoms with Crippen LogP contribution < -0.4 is 5.46 Å². The molecule has 4 nitrogen and oxygen atoms in total. The largest absolute Gasteiger partial charge is 0.495 e. The molecule has 1 aliphatic heterocycles. The third kappa shape index (κ3) is 11.4. The van der Waals surface area contributed by atoms with Crippen molar-refractivity contribution in [2.75, 3.05) is 0 Å². The number of hydrogen-bond acceptors (Lipinski definition) is 4. The van der Waals surface area contributed by atoms with Gasteiger partial charge < -0.3 is 19.5 Å². The molecule has 0 saturated carbocycles. The van der Waals surface area contributed by atoms with Gasteiger partial charge in [0.15, 0.2) is 0 Å². The topological polar surface area (TPSA) is 58.9 Å². The third-order valence-corrected chi connectivity index (χ3v) is 15.2. The van der Waals surface area contributed by atoms with E-state index in [2.05, 4.69) is 32.0 Å². The maximum Gasteiger partial charge on any atom is 0.495 e. The molecule has 0 spiro atoms. The summed E-state index contributed by atoms with van der Waals surface area (Å²) in [5, 5.41) is 18.8. The van der Waals surface area contributed by atoms with Crippen molar-refractivity contribution in [1.29, 1.82) is 0 Å². The first-order valence-corrected chi connectivity index (χ1v) is 23.6. The van der Waals surface area contributed by atoms with Crippen LogP contribution >= 0.6 is 0 Å². The molecule has 4 aromatic carbocycles. The van der Waals surface area contributed by atoms with Crippen LogP contribution in [0.15, 0.2) is 84.9 Å². The Bertz CT molecular complexity index is 2550. The van der Waals surface area contributed by atoms with Gasteiger partial charge in [0.2, 0.25) is 0 Å². The predicted octanol–water partition coefficient (Wildman–Crippen LogP) is 15.2. The summed E-state index contributed by atoms with van der Waals surface area (Å²) in [7, 11) is -0.517. The number of halogens is 12. The van der Waals surface area contributed by atoms with Crippen molar-refractivity contribution < 1.29 is 72.2 Å². The molecule has 1 aliphatic rings. The van der Waals surface area contributed by atoms with Crippen molar-refractivity contribution in [3.8, 4) is 0 Å². The smallest absolute Gasteiger partial charge is 0.399 e. The molecule has 0 unspecified atom stereocenters. The fourth-order valence-electron chi connectivity index (χ4n) is 9.15. The average Bonchev–Trinajstić information content (AvgIpc) is 3.48. The van der Waals surface area contributed by atoms with Gasteiger partial charge in [0.05, 0.1) is 11.2 Å². The van der Waals surface area contributed by atoms with Crippen LogP contribution in [0.2, 0.25) is 0 Å². The molecule has 0 radical (unpaired) electrons. The number of benzene rings is 4. The van der Waals surface area contributed by atoms with Gasteiger partial charge in [-0.15, -0.1) is 0 Å². The van der Waals surface area contributed by atoms with E-state index in [1.165, 1.54) is 12.1 Å². The predicted molar refractivity (Wildman–Crippen MR) is 260 cm³/mol. The zero-order valence-electron chi connectivity index (χ0n) is 42.9. The maximum atomic E-state index is 13.1. The molecule has 0 bridgehead atoms. The van der Waals surface area contributed by atoms with Gasteiger partial charge in [-0.1, -0.05) is 118 Å². The molecule has 4 aromatic rings. The molecule has 5 rings (SSSR count). The number of alkyl halides is 12. The van der Waals surface area contributed by atoms with Gasteiger partial charge in [0.25, 0.3) is 11.2 Å². The molecule has 1 saturated heterocycles. The molecule has 2 N–H and O–H groups in total. The molecule has 396 valence electrons. The van der Waals surface area contributed by atoms with Gasteiger partial charge in [0, 0.05) is 10.8 Å². The normalized spacial score (nSPS) is 16.2. The fourth-order valence-corrected chi connectivity index (χ4v) is 9.15. The lowest BCUT2D eigenvalue weighted by Gasteiger charge is -2.34. The van der Waals surface area contributed by atoms with Gasteiger partial charge in [0.1, 0.15) is 0 Å². The SMILES string of the molecule is CCC(CC)(c1ccc(/C=C/C(O)(C(F)(F)F)C(F)(F)F)c(C)c1)c1ccc(B2OC(C)(C)C(C)(C)O2)c(C)c1.CCC(CC)(c1ccc(C)c(C)c1)c1ccc(/C=C/C(O)(C(F)(F)F)C(F)(F)F)c(C)c1. The summed E-state index contributed by atoms with van der Waals surface area (Å²) in [6, 6.07) is 22.3. The molecule has 72 heavy (non-hydrogen) atoms. The Labute approximate surface area is 415 Å². The maximum absolute atomic E-state index is 13.1. The van der Waals surface area contributed by atoms with E-state index in [9.17, 15) is 62.9 Å². The number of aryl methyl sites for hydroxylation is 5. The lowest BCUT2D eigenvalue weighted by molar-refractivity contribution is -0.348. The second-order valence-electron chi connectivity index (χ2n) is 19.9. The first-order valence-electron chi connectivity index (χ1n) is 23.6. The van der Waals surface area contributed by atoms with E-state index in [1.807, 2.05) is 80.5 Å². The summed E-state index contributed by atoms with van der Waals surface area (Å²) in [5.41, 5.74) is -2.15. The summed E-state index contributed by atoms with van der Waals surface area (Å²) >= 11 is 0. The highest BCUT2D eigenvalue weighted by atomic mass is 19.4. The van der Waals surface area contributed by atoms with Crippen molar-refractivity contribution >= 4 is 24.7 Å². The Hall–Kier alpha value is -4.58. The van der Waals surface area contributed by atoms with E-state index in [4.69, 9.17) is 9.31 Å². The Kier molecular flexibility index (Phi) is 17.5. The highest BCUT2D eigenvalue weighted by Crippen LogP contribution is 2.47. The van der Waals surface area contributed by atoms with Gasteiger partial charge in [-0.3, -0.25) is 0 Å². The monoisotopic (exact) mass is 1030 g/mol. The second-order valence-corrected chi connectivity index (χ2v) is 19.9. The zero-order valence-corrected chi connectivity index (χ0v) is 42.9. The Morgan fingerprint density at radius 3 is 1.00 bits per heavy atom. The molecular formula is C55H65BF12O4. The standard InChI is InChI=1S/C30H37BF6O3.C25H28F6O/c1-9-27(10-2,23-13-14-24(20(4)18-23)31-39-25(5,6)26(7,8)40-31)22-12-11-21(19(3)17-22)15-16-28(38,29(32,33)34)30(35,36)37;1-6-22(7-2,20-10-8-16(3)17(4)14-20)21-11-9-19(18(5)15-21)12-13-23(32,24(26,27)28)25(29,30)31/h11-18,38H,9-10H2,1-8H3;8-15,32H,6-7H2,1-5H3/b16-15+;13-12+. The van der Waals surface area contributed by atoms with Crippen molar-refractivity contribution in [2.24, 2.45) is 0 Å².